The minimum atomic E-state index is -0.441. The zero-order valence-electron chi connectivity index (χ0n) is 24.0. The highest BCUT2D eigenvalue weighted by atomic mass is 16.5. The SMILES string of the molecule is C[C@H]1COc2ccccc2CCCCC2(CCN(C(=O)c3cccc(OCCN4CCCCC4)c3)CC2)C(=O)N1. The van der Waals surface area contributed by atoms with Gasteiger partial charge in [-0.1, -0.05) is 37.1 Å². The normalized spacial score (nSPS) is 22.3. The van der Waals surface area contributed by atoms with Crippen molar-refractivity contribution in [2.75, 3.05) is 45.9 Å². The summed E-state index contributed by atoms with van der Waals surface area (Å²) in [5.41, 5.74) is 1.44. The highest BCUT2D eigenvalue weighted by Gasteiger charge is 2.42. The molecule has 0 aromatic heterocycles. The van der Waals surface area contributed by atoms with Crippen LogP contribution in [0.2, 0.25) is 0 Å². The first kappa shape index (κ1) is 28.5. The molecule has 3 aliphatic rings. The van der Waals surface area contributed by atoms with E-state index in [4.69, 9.17) is 9.47 Å². The van der Waals surface area contributed by atoms with Gasteiger partial charge in [-0.2, -0.15) is 0 Å². The molecule has 0 aliphatic carbocycles. The molecule has 3 heterocycles. The number of hydrogen-bond donors (Lipinski definition) is 1. The van der Waals surface area contributed by atoms with Crippen molar-refractivity contribution in [1.82, 2.24) is 15.1 Å². The van der Waals surface area contributed by atoms with Gasteiger partial charge in [0.1, 0.15) is 24.7 Å². The van der Waals surface area contributed by atoms with E-state index in [2.05, 4.69) is 22.3 Å². The fourth-order valence-electron chi connectivity index (χ4n) is 6.37. The van der Waals surface area contributed by atoms with Crippen LogP contribution in [0.15, 0.2) is 48.5 Å². The van der Waals surface area contributed by atoms with Crippen LogP contribution in [0, 0.1) is 5.41 Å². The van der Waals surface area contributed by atoms with Gasteiger partial charge in [0.05, 0.1) is 11.5 Å². The Balaban J connectivity index is 1.17. The first-order chi connectivity index (χ1) is 19.5. The van der Waals surface area contributed by atoms with E-state index in [1.165, 1.54) is 24.8 Å². The number of carbonyl (C=O) groups is 2. The zero-order chi connectivity index (χ0) is 27.8. The molecule has 1 spiro atoms. The third-order valence-electron chi connectivity index (χ3n) is 8.89. The predicted molar refractivity (Wildman–Crippen MR) is 157 cm³/mol. The van der Waals surface area contributed by atoms with E-state index in [9.17, 15) is 9.59 Å². The lowest BCUT2D eigenvalue weighted by atomic mass is 9.73. The maximum absolute atomic E-state index is 13.6. The molecule has 2 saturated heterocycles. The van der Waals surface area contributed by atoms with Crippen LogP contribution in [0.25, 0.3) is 0 Å². The fraction of sp³-hybridized carbons (Fsp3) is 0.576. The quantitative estimate of drug-likeness (QED) is 0.565. The third-order valence-corrected chi connectivity index (χ3v) is 8.89. The number of benzene rings is 2. The van der Waals surface area contributed by atoms with Gasteiger partial charge < -0.3 is 19.7 Å². The van der Waals surface area contributed by atoms with Crippen molar-refractivity contribution in [2.24, 2.45) is 5.41 Å². The summed E-state index contributed by atoms with van der Waals surface area (Å²) in [6.45, 7) is 7.47. The minimum Gasteiger partial charge on any atom is -0.492 e. The Bertz CT molecular complexity index is 1140. The number of hydrogen-bond acceptors (Lipinski definition) is 5. The van der Waals surface area contributed by atoms with Crippen LogP contribution in [-0.2, 0) is 11.2 Å². The number of nitrogens with one attached hydrogen (secondary N) is 1. The van der Waals surface area contributed by atoms with E-state index < -0.39 is 5.41 Å². The van der Waals surface area contributed by atoms with Crippen LogP contribution in [0.5, 0.6) is 11.5 Å². The second-order valence-electron chi connectivity index (χ2n) is 11.9. The molecule has 0 saturated carbocycles. The summed E-state index contributed by atoms with van der Waals surface area (Å²) >= 11 is 0. The van der Waals surface area contributed by atoms with Gasteiger partial charge in [0.25, 0.3) is 5.91 Å². The van der Waals surface area contributed by atoms with Gasteiger partial charge in [0.15, 0.2) is 0 Å². The van der Waals surface area contributed by atoms with Crippen LogP contribution in [0.3, 0.4) is 0 Å². The predicted octanol–water partition coefficient (Wildman–Crippen LogP) is 5.08. The Hall–Kier alpha value is -3.06. The highest BCUT2D eigenvalue weighted by molar-refractivity contribution is 5.95. The molecule has 1 N–H and O–H groups in total. The Kier molecular flexibility index (Phi) is 9.63. The number of carbonyl (C=O) groups excluding carboxylic acids is 2. The second kappa shape index (κ2) is 13.5. The molecule has 0 radical (unpaired) electrons. The number of fused-ring (bicyclic) bond motifs is 1. The lowest BCUT2D eigenvalue weighted by molar-refractivity contribution is -0.135. The van der Waals surface area contributed by atoms with Crippen LogP contribution < -0.4 is 14.8 Å². The fourth-order valence-corrected chi connectivity index (χ4v) is 6.37. The van der Waals surface area contributed by atoms with E-state index in [0.717, 1.165) is 56.8 Å². The molecular weight excluding hydrogens is 502 g/mol. The average Bonchev–Trinajstić information content (AvgIpc) is 2.99. The van der Waals surface area contributed by atoms with Gasteiger partial charge in [-0.3, -0.25) is 14.5 Å². The molecule has 2 fully saturated rings. The number of piperidine rings is 2. The number of ether oxygens (including phenoxy) is 2. The molecule has 0 unspecified atom stereocenters. The number of likely N-dealkylation sites (tertiary alicyclic amines) is 2. The average molecular weight is 548 g/mol. The molecule has 2 aromatic rings. The summed E-state index contributed by atoms with van der Waals surface area (Å²) in [6.07, 6.45) is 9.00. The molecule has 2 aromatic carbocycles. The number of para-hydroxylation sites is 1. The standard InChI is InChI=1S/C33H45N3O4/c1-26-25-40-30-14-4-3-10-27(30)11-5-6-15-33(32(38)34-26)16-20-36(21-17-33)31(37)28-12-9-13-29(24-28)39-23-22-35-18-7-2-8-19-35/h3-4,9-10,12-14,24,26H,2,5-8,11,15-23,25H2,1H3,(H,34,38)/t26-/m0/s1. The van der Waals surface area contributed by atoms with Crippen molar-refractivity contribution in [1.29, 1.82) is 0 Å². The molecule has 216 valence electrons. The molecule has 1 atom stereocenters. The molecule has 0 bridgehead atoms. The van der Waals surface area contributed by atoms with E-state index in [-0.39, 0.29) is 17.9 Å². The summed E-state index contributed by atoms with van der Waals surface area (Å²) in [6, 6.07) is 15.7. The van der Waals surface area contributed by atoms with Crippen molar-refractivity contribution in [2.45, 2.75) is 70.8 Å². The third kappa shape index (κ3) is 7.17. The Morgan fingerprint density at radius 1 is 0.975 bits per heavy atom. The first-order valence-electron chi connectivity index (χ1n) is 15.3. The minimum absolute atomic E-state index is 0.0169. The maximum atomic E-state index is 13.6. The summed E-state index contributed by atoms with van der Waals surface area (Å²) in [5, 5.41) is 3.23. The Morgan fingerprint density at radius 3 is 2.60 bits per heavy atom. The zero-order valence-corrected chi connectivity index (χ0v) is 24.0. The molecule has 7 nitrogen and oxygen atoms in total. The summed E-state index contributed by atoms with van der Waals surface area (Å²) in [7, 11) is 0. The maximum Gasteiger partial charge on any atom is 0.253 e. The van der Waals surface area contributed by atoms with E-state index >= 15 is 0 Å². The topological polar surface area (TPSA) is 71.1 Å². The molecule has 40 heavy (non-hydrogen) atoms. The molecule has 7 heteroatoms. The Morgan fingerprint density at radius 2 is 1.77 bits per heavy atom. The van der Waals surface area contributed by atoms with Crippen molar-refractivity contribution in [3.05, 3.63) is 59.7 Å². The van der Waals surface area contributed by atoms with Crippen LogP contribution in [0.4, 0.5) is 0 Å². The van der Waals surface area contributed by atoms with Gasteiger partial charge in [0, 0.05) is 25.2 Å². The second-order valence-corrected chi connectivity index (χ2v) is 11.9. The number of nitrogens with zero attached hydrogens (tertiary/aromatic N) is 2. The van der Waals surface area contributed by atoms with Crippen LogP contribution >= 0.6 is 0 Å². The number of amides is 2. The first-order valence-corrected chi connectivity index (χ1v) is 15.3. The summed E-state index contributed by atoms with van der Waals surface area (Å²) in [5.74, 6) is 1.78. The summed E-state index contributed by atoms with van der Waals surface area (Å²) in [4.78, 5) is 31.4. The molecule has 2 amide bonds. The number of rotatable bonds is 5. The molecule has 5 rings (SSSR count). The van der Waals surface area contributed by atoms with Gasteiger partial charge in [-0.25, -0.2) is 0 Å². The van der Waals surface area contributed by atoms with E-state index in [1.807, 2.05) is 48.2 Å². The Labute approximate surface area is 239 Å². The summed E-state index contributed by atoms with van der Waals surface area (Å²) < 4.78 is 12.1. The van der Waals surface area contributed by atoms with Crippen molar-refractivity contribution in [3.63, 3.8) is 0 Å². The van der Waals surface area contributed by atoms with E-state index in [1.54, 1.807) is 0 Å². The van der Waals surface area contributed by atoms with Crippen molar-refractivity contribution < 1.29 is 19.1 Å². The van der Waals surface area contributed by atoms with Crippen molar-refractivity contribution in [3.8, 4) is 11.5 Å². The lowest BCUT2D eigenvalue weighted by Gasteiger charge is -2.41. The van der Waals surface area contributed by atoms with Crippen LogP contribution in [-0.4, -0.2) is 73.6 Å². The van der Waals surface area contributed by atoms with Gasteiger partial charge in [0.2, 0.25) is 5.91 Å². The lowest BCUT2D eigenvalue weighted by Crippen LogP contribution is -2.52. The smallest absolute Gasteiger partial charge is 0.253 e. The van der Waals surface area contributed by atoms with Gasteiger partial charge in [-0.05, 0) is 94.8 Å². The van der Waals surface area contributed by atoms with Crippen LogP contribution in [0.1, 0.15) is 74.2 Å². The van der Waals surface area contributed by atoms with Crippen molar-refractivity contribution >= 4 is 11.8 Å². The van der Waals surface area contributed by atoms with E-state index in [0.29, 0.717) is 44.7 Å². The largest absolute Gasteiger partial charge is 0.492 e. The molecule has 3 aliphatic heterocycles. The van der Waals surface area contributed by atoms with Gasteiger partial charge >= 0.3 is 0 Å². The number of aryl methyl sites for hydroxylation is 1. The highest BCUT2D eigenvalue weighted by Crippen LogP contribution is 2.38. The van der Waals surface area contributed by atoms with Gasteiger partial charge in [-0.15, -0.1) is 0 Å². The molecular formula is C33H45N3O4. The monoisotopic (exact) mass is 547 g/mol.